The molecule has 0 aromatic rings. The first kappa shape index (κ1) is 5.45. The van der Waals surface area contributed by atoms with Crippen molar-refractivity contribution in [3.05, 3.63) is 12.2 Å². The minimum atomic E-state index is -0.506. The van der Waals surface area contributed by atoms with E-state index in [1.54, 1.807) is 0 Å². The Morgan fingerprint density at radius 2 is 2.44 bits per heavy atom. The lowest BCUT2D eigenvalue weighted by atomic mass is 9.96. The summed E-state index contributed by atoms with van der Waals surface area (Å²) in [5.74, 6) is 0. The maximum Gasteiger partial charge on any atom is 0.189 e. The Hall–Kier alpha value is -0.340. The predicted molar refractivity (Wildman–Crippen MR) is 32.8 cm³/mol. The standard InChI is InChI=1S/C7H10O2/c8-6-7(9-6)4-2-1-3-5-7/h2,4,6,8H,1,3,5H2. The van der Waals surface area contributed by atoms with Gasteiger partial charge in [-0.25, -0.2) is 0 Å². The van der Waals surface area contributed by atoms with Gasteiger partial charge in [-0.05, 0) is 19.3 Å². The lowest BCUT2D eigenvalue weighted by Gasteiger charge is -2.09. The number of allylic oxidation sites excluding steroid dienone is 1. The van der Waals surface area contributed by atoms with Crippen LogP contribution in [0.3, 0.4) is 0 Å². The van der Waals surface area contributed by atoms with Crippen molar-refractivity contribution in [1.82, 2.24) is 0 Å². The van der Waals surface area contributed by atoms with Crippen LogP contribution >= 0.6 is 0 Å². The fourth-order valence-corrected chi connectivity index (χ4v) is 1.34. The quantitative estimate of drug-likeness (QED) is 0.385. The van der Waals surface area contributed by atoms with E-state index in [1.807, 2.05) is 6.08 Å². The SMILES string of the molecule is OC1OC12C=CCCC2. The molecule has 1 spiro atoms. The van der Waals surface area contributed by atoms with Crippen LogP contribution in [-0.4, -0.2) is 17.0 Å². The molecule has 1 heterocycles. The van der Waals surface area contributed by atoms with Gasteiger partial charge in [0, 0.05) is 0 Å². The molecule has 2 heteroatoms. The Kier molecular flexibility index (Phi) is 0.957. The van der Waals surface area contributed by atoms with E-state index in [-0.39, 0.29) is 5.60 Å². The van der Waals surface area contributed by atoms with Gasteiger partial charge in [-0.15, -0.1) is 0 Å². The van der Waals surface area contributed by atoms with Crippen LogP contribution in [0.4, 0.5) is 0 Å². The molecule has 1 aliphatic heterocycles. The first-order chi connectivity index (χ1) is 4.33. The van der Waals surface area contributed by atoms with Crippen molar-refractivity contribution in [3.8, 4) is 0 Å². The van der Waals surface area contributed by atoms with E-state index in [4.69, 9.17) is 9.84 Å². The summed E-state index contributed by atoms with van der Waals surface area (Å²) in [6, 6.07) is 0. The average Bonchev–Trinajstić information content (AvgIpc) is 2.44. The molecule has 2 nitrogen and oxygen atoms in total. The zero-order chi connectivity index (χ0) is 6.32. The molecule has 0 saturated carbocycles. The number of ether oxygens (including phenoxy) is 1. The van der Waals surface area contributed by atoms with Gasteiger partial charge in [0.2, 0.25) is 0 Å². The van der Waals surface area contributed by atoms with Crippen LogP contribution < -0.4 is 0 Å². The van der Waals surface area contributed by atoms with Gasteiger partial charge in [-0.3, -0.25) is 0 Å². The molecule has 0 aromatic carbocycles. The van der Waals surface area contributed by atoms with Gasteiger partial charge in [-0.2, -0.15) is 0 Å². The third kappa shape index (κ3) is 0.705. The molecule has 1 saturated heterocycles. The maximum atomic E-state index is 8.97. The molecule has 1 aliphatic carbocycles. The summed E-state index contributed by atoms with van der Waals surface area (Å²) in [5, 5.41) is 8.97. The van der Waals surface area contributed by atoms with E-state index in [2.05, 4.69) is 6.08 Å². The molecular formula is C7H10O2. The third-order valence-corrected chi connectivity index (χ3v) is 2.03. The first-order valence-electron chi connectivity index (χ1n) is 3.37. The highest BCUT2D eigenvalue weighted by Gasteiger charge is 2.53. The van der Waals surface area contributed by atoms with E-state index in [9.17, 15) is 0 Å². The minimum absolute atomic E-state index is 0.238. The van der Waals surface area contributed by atoms with Crippen LogP contribution in [0.5, 0.6) is 0 Å². The van der Waals surface area contributed by atoms with Crippen LogP contribution in [0.2, 0.25) is 0 Å². The van der Waals surface area contributed by atoms with Crippen LogP contribution in [0, 0.1) is 0 Å². The molecule has 0 aromatic heterocycles. The van der Waals surface area contributed by atoms with Crippen LogP contribution in [-0.2, 0) is 4.74 Å². The lowest BCUT2D eigenvalue weighted by Crippen LogP contribution is -2.13. The summed E-state index contributed by atoms with van der Waals surface area (Å²) in [7, 11) is 0. The molecule has 2 unspecified atom stereocenters. The molecule has 2 aliphatic rings. The highest BCUT2D eigenvalue weighted by atomic mass is 16.7. The van der Waals surface area contributed by atoms with Crippen molar-refractivity contribution >= 4 is 0 Å². The zero-order valence-electron chi connectivity index (χ0n) is 5.21. The summed E-state index contributed by atoms with van der Waals surface area (Å²) in [6.07, 6.45) is 6.84. The lowest BCUT2D eigenvalue weighted by molar-refractivity contribution is 0.155. The molecule has 2 atom stereocenters. The first-order valence-corrected chi connectivity index (χ1v) is 3.37. The smallest absolute Gasteiger partial charge is 0.189 e. The van der Waals surface area contributed by atoms with Crippen molar-refractivity contribution in [1.29, 1.82) is 0 Å². The van der Waals surface area contributed by atoms with E-state index in [0.29, 0.717) is 0 Å². The van der Waals surface area contributed by atoms with Crippen LogP contribution in [0.15, 0.2) is 12.2 Å². The number of rotatable bonds is 0. The summed E-state index contributed by atoms with van der Waals surface area (Å²) in [5.41, 5.74) is -0.238. The Balaban J connectivity index is 2.13. The molecule has 0 radical (unpaired) electrons. The topological polar surface area (TPSA) is 32.8 Å². The fraction of sp³-hybridized carbons (Fsp3) is 0.714. The average molecular weight is 126 g/mol. The zero-order valence-corrected chi connectivity index (χ0v) is 5.21. The van der Waals surface area contributed by atoms with Crippen molar-refractivity contribution in [2.24, 2.45) is 0 Å². The Morgan fingerprint density at radius 1 is 1.67 bits per heavy atom. The monoisotopic (exact) mass is 126 g/mol. The molecule has 2 rings (SSSR count). The summed E-state index contributed by atoms with van der Waals surface area (Å²) >= 11 is 0. The van der Waals surface area contributed by atoms with Crippen molar-refractivity contribution in [2.45, 2.75) is 31.2 Å². The second-order valence-corrected chi connectivity index (χ2v) is 2.72. The fourth-order valence-electron chi connectivity index (χ4n) is 1.34. The van der Waals surface area contributed by atoms with Gasteiger partial charge in [0.05, 0.1) is 0 Å². The minimum Gasteiger partial charge on any atom is -0.365 e. The number of aliphatic hydroxyl groups excluding tert-OH is 1. The highest BCUT2D eigenvalue weighted by Crippen LogP contribution is 2.42. The van der Waals surface area contributed by atoms with Gasteiger partial charge < -0.3 is 9.84 Å². The van der Waals surface area contributed by atoms with E-state index >= 15 is 0 Å². The van der Waals surface area contributed by atoms with Gasteiger partial charge in [-0.1, -0.05) is 12.2 Å². The van der Waals surface area contributed by atoms with Crippen LogP contribution in [0.1, 0.15) is 19.3 Å². The third-order valence-electron chi connectivity index (χ3n) is 2.03. The van der Waals surface area contributed by atoms with E-state index < -0.39 is 6.29 Å². The van der Waals surface area contributed by atoms with Gasteiger partial charge in [0.25, 0.3) is 0 Å². The number of epoxide rings is 1. The Bertz CT molecular complexity index is 153. The number of aliphatic hydroxyl groups is 1. The summed E-state index contributed by atoms with van der Waals surface area (Å²) < 4.78 is 5.01. The van der Waals surface area contributed by atoms with E-state index in [0.717, 1.165) is 19.3 Å². The molecule has 9 heavy (non-hydrogen) atoms. The van der Waals surface area contributed by atoms with Gasteiger partial charge in [0.15, 0.2) is 6.29 Å². The molecular weight excluding hydrogens is 116 g/mol. The normalized spacial score (nSPS) is 47.9. The second-order valence-electron chi connectivity index (χ2n) is 2.72. The summed E-state index contributed by atoms with van der Waals surface area (Å²) in [6.45, 7) is 0. The second kappa shape index (κ2) is 1.58. The molecule has 1 N–H and O–H groups in total. The molecule has 50 valence electrons. The molecule has 1 fully saturated rings. The van der Waals surface area contributed by atoms with Gasteiger partial charge >= 0.3 is 0 Å². The number of hydrogen-bond acceptors (Lipinski definition) is 2. The van der Waals surface area contributed by atoms with Crippen LogP contribution in [0.25, 0.3) is 0 Å². The van der Waals surface area contributed by atoms with Gasteiger partial charge in [0.1, 0.15) is 5.60 Å². The number of hydrogen-bond donors (Lipinski definition) is 1. The molecule has 0 amide bonds. The maximum absolute atomic E-state index is 8.97. The van der Waals surface area contributed by atoms with Crippen molar-refractivity contribution in [2.75, 3.05) is 0 Å². The van der Waals surface area contributed by atoms with Crippen molar-refractivity contribution in [3.63, 3.8) is 0 Å². The Labute approximate surface area is 54.1 Å². The largest absolute Gasteiger partial charge is 0.365 e. The Morgan fingerprint density at radius 3 is 2.78 bits per heavy atom. The predicted octanol–water partition coefficient (Wildman–Crippen LogP) is 0.814. The van der Waals surface area contributed by atoms with E-state index in [1.165, 1.54) is 0 Å². The summed E-state index contributed by atoms with van der Waals surface area (Å²) in [4.78, 5) is 0. The molecule has 0 bridgehead atoms. The van der Waals surface area contributed by atoms with Crippen molar-refractivity contribution < 1.29 is 9.84 Å². The highest BCUT2D eigenvalue weighted by molar-refractivity contribution is 5.15.